The topological polar surface area (TPSA) is 38.3 Å². The first-order chi connectivity index (χ1) is 7.99. The van der Waals surface area contributed by atoms with E-state index in [4.69, 9.17) is 16.3 Å². The smallest absolute Gasteiger partial charge is 0.257 e. The van der Waals surface area contributed by atoms with Crippen LogP contribution >= 0.6 is 11.6 Å². The van der Waals surface area contributed by atoms with Gasteiger partial charge in [0.25, 0.3) is 5.91 Å². The van der Waals surface area contributed by atoms with Crippen LogP contribution in [0.4, 0.5) is 4.39 Å². The second-order valence-electron chi connectivity index (χ2n) is 4.06. The fourth-order valence-corrected chi connectivity index (χ4v) is 1.26. The Hall–Kier alpha value is -1.29. The number of rotatable bonds is 5. The number of halogens is 2. The first-order valence-corrected chi connectivity index (χ1v) is 5.71. The van der Waals surface area contributed by atoms with Gasteiger partial charge in [0.15, 0.2) is 6.61 Å². The summed E-state index contributed by atoms with van der Waals surface area (Å²) in [5, 5.41) is 2.68. The van der Waals surface area contributed by atoms with Crippen molar-refractivity contribution in [3.8, 4) is 5.75 Å². The molecule has 0 fully saturated rings. The predicted molar refractivity (Wildman–Crippen MR) is 64.8 cm³/mol. The zero-order valence-corrected chi connectivity index (χ0v) is 10.6. The molecule has 0 aliphatic rings. The Morgan fingerprint density at radius 2 is 2.24 bits per heavy atom. The number of amides is 1. The van der Waals surface area contributed by atoms with Crippen LogP contribution in [-0.4, -0.2) is 19.1 Å². The number of ether oxygens (including phenoxy) is 1. The maximum absolute atomic E-state index is 12.8. The van der Waals surface area contributed by atoms with E-state index >= 15 is 0 Å². The van der Waals surface area contributed by atoms with Gasteiger partial charge in [0.2, 0.25) is 0 Å². The SMILES string of the molecule is CC(C)CNC(=O)COc1ccc(F)c(Cl)c1. The van der Waals surface area contributed by atoms with Crippen LogP contribution in [0, 0.1) is 11.7 Å². The Morgan fingerprint density at radius 3 is 2.82 bits per heavy atom. The Balaban J connectivity index is 2.39. The van der Waals surface area contributed by atoms with Gasteiger partial charge < -0.3 is 10.1 Å². The van der Waals surface area contributed by atoms with Crippen molar-refractivity contribution >= 4 is 17.5 Å². The molecule has 0 spiro atoms. The minimum absolute atomic E-state index is 0.0231. The molecule has 0 aliphatic heterocycles. The van der Waals surface area contributed by atoms with Gasteiger partial charge in [0, 0.05) is 12.6 Å². The third-order valence-electron chi connectivity index (χ3n) is 1.97. The number of hydrogen-bond acceptors (Lipinski definition) is 2. The molecule has 5 heteroatoms. The van der Waals surface area contributed by atoms with E-state index in [9.17, 15) is 9.18 Å². The molecule has 1 aromatic carbocycles. The van der Waals surface area contributed by atoms with Crippen molar-refractivity contribution in [3.05, 3.63) is 29.0 Å². The summed E-state index contributed by atoms with van der Waals surface area (Å²) in [5.74, 6) is 0.0396. The molecule has 17 heavy (non-hydrogen) atoms. The lowest BCUT2D eigenvalue weighted by atomic mass is 10.2. The average Bonchev–Trinajstić information content (AvgIpc) is 2.28. The van der Waals surface area contributed by atoms with Gasteiger partial charge in [-0.05, 0) is 18.1 Å². The van der Waals surface area contributed by atoms with Gasteiger partial charge in [-0.1, -0.05) is 25.4 Å². The average molecular weight is 260 g/mol. The molecule has 0 heterocycles. The van der Waals surface area contributed by atoms with Crippen LogP contribution in [0.5, 0.6) is 5.75 Å². The number of carbonyl (C=O) groups is 1. The molecular formula is C12H15ClFNO2. The summed E-state index contributed by atoms with van der Waals surface area (Å²) in [4.78, 5) is 11.3. The summed E-state index contributed by atoms with van der Waals surface area (Å²) < 4.78 is 18.0. The zero-order chi connectivity index (χ0) is 12.8. The largest absolute Gasteiger partial charge is 0.484 e. The molecule has 1 rings (SSSR count). The molecule has 0 bridgehead atoms. The first kappa shape index (κ1) is 13.8. The fourth-order valence-electron chi connectivity index (χ4n) is 1.08. The molecule has 1 aromatic rings. The minimum atomic E-state index is -0.511. The molecule has 3 nitrogen and oxygen atoms in total. The first-order valence-electron chi connectivity index (χ1n) is 5.33. The van der Waals surface area contributed by atoms with Crippen LogP contribution in [0.2, 0.25) is 5.02 Å². The van der Waals surface area contributed by atoms with Gasteiger partial charge in [0.1, 0.15) is 11.6 Å². The number of hydrogen-bond donors (Lipinski definition) is 1. The van der Waals surface area contributed by atoms with E-state index in [1.54, 1.807) is 0 Å². The van der Waals surface area contributed by atoms with E-state index in [2.05, 4.69) is 5.32 Å². The maximum atomic E-state index is 12.8. The Morgan fingerprint density at radius 1 is 1.53 bits per heavy atom. The third kappa shape index (κ3) is 5.04. The van der Waals surface area contributed by atoms with Crippen LogP contribution in [0.15, 0.2) is 18.2 Å². The molecule has 1 N–H and O–H groups in total. The van der Waals surface area contributed by atoms with Crippen LogP contribution in [0.25, 0.3) is 0 Å². The summed E-state index contributed by atoms with van der Waals surface area (Å²) in [5.41, 5.74) is 0. The Kier molecular flexibility index (Phi) is 5.22. The van der Waals surface area contributed by atoms with Gasteiger partial charge in [-0.3, -0.25) is 4.79 Å². The zero-order valence-electron chi connectivity index (χ0n) is 9.80. The highest BCUT2D eigenvalue weighted by Gasteiger charge is 2.05. The van der Waals surface area contributed by atoms with Gasteiger partial charge >= 0.3 is 0 Å². The second-order valence-corrected chi connectivity index (χ2v) is 4.47. The van der Waals surface area contributed by atoms with Gasteiger partial charge in [-0.2, -0.15) is 0 Å². The number of benzene rings is 1. The Labute approximate surface area is 105 Å². The van der Waals surface area contributed by atoms with E-state index in [1.807, 2.05) is 13.8 Å². The van der Waals surface area contributed by atoms with Crippen molar-refractivity contribution in [2.75, 3.05) is 13.2 Å². The van der Waals surface area contributed by atoms with E-state index in [0.717, 1.165) is 0 Å². The molecule has 0 atom stereocenters. The standard InChI is InChI=1S/C12H15ClFNO2/c1-8(2)6-15-12(16)7-17-9-3-4-11(14)10(13)5-9/h3-5,8H,6-7H2,1-2H3,(H,15,16). The van der Waals surface area contributed by atoms with Gasteiger partial charge in [0.05, 0.1) is 5.02 Å². The normalized spacial score (nSPS) is 10.4. The monoisotopic (exact) mass is 259 g/mol. The predicted octanol–water partition coefficient (Wildman–Crippen LogP) is 2.63. The number of carbonyl (C=O) groups excluding carboxylic acids is 1. The highest BCUT2D eigenvalue weighted by Crippen LogP contribution is 2.20. The third-order valence-corrected chi connectivity index (χ3v) is 2.26. The minimum Gasteiger partial charge on any atom is -0.484 e. The lowest BCUT2D eigenvalue weighted by Crippen LogP contribution is -2.31. The second kappa shape index (κ2) is 6.45. The summed E-state index contributed by atoms with van der Waals surface area (Å²) in [6.07, 6.45) is 0. The van der Waals surface area contributed by atoms with Gasteiger partial charge in [-0.25, -0.2) is 4.39 Å². The van der Waals surface area contributed by atoms with Gasteiger partial charge in [-0.15, -0.1) is 0 Å². The number of nitrogens with one attached hydrogen (secondary N) is 1. The van der Waals surface area contributed by atoms with Crippen LogP contribution in [0.3, 0.4) is 0 Å². The summed E-state index contributed by atoms with van der Waals surface area (Å²) in [7, 11) is 0. The highest BCUT2D eigenvalue weighted by atomic mass is 35.5. The van der Waals surface area contributed by atoms with E-state index in [-0.39, 0.29) is 17.5 Å². The van der Waals surface area contributed by atoms with E-state index in [1.165, 1.54) is 18.2 Å². The van der Waals surface area contributed by atoms with E-state index in [0.29, 0.717) is 18.2 Å². The highest BCUT2D eigenvalue weighted by molar-refractivity contribution is 6.30. The molecule has 0 aliphatic carbocycles. The van der Waals surface area contributed by atoms with Crippen LogP contribution < -0.4 is 10.1 Å². The van der Waals surface area contributed by atoms with Crippen molar-refractivity contribution < 1.29 is 13.9 Å². The quantitative estimate of drug-likeness (QED) is 0.883. The molecular weight excluding hydrogens is 245 g/mol. The molecule has 0 unspecified atom stereocenters. The van der Waals surface area contributed by atoms with Crippen molar-refractivity contribution in [2.45, 2.75) is 13.8 Å². The summed E-state index contributed by atoms with van der Waals surface area (Å²) >= 11 is 5.58. The fraction of sp³-hybridized carbons (Fsp3) is 0.417. The molecule has 0 aromatic heterocycles. The van der Waals surface area contributed by atoms with E-state index < -0.39 is 5.82 Å². The molecule has 0 radical (unpaired) electrons. The summed E-state index contributed by atoms with van der Waals surface area (Å²) in [6, 6.07) is 3.97. The van der Waals surface area contributed by atoms with Crippen LogP contribution in [-0.2, 0) is 4.79 Å². The molecule has 94 valence electrons. The molecule has 0 saturated carbocycles. The van der Waals surface area contributed by atoms with Crippen molar-refractivity contribution in [3.63, 3.8) is 0 Å². The lowest BCUT2D eigenvalue weighted by Gasteiger charge is -2.09. The van der Waals surface area contributed by atoms with Crippen LogP contribution in [0.1, 0.15) is 13.8 Å². The Bertz CT molecular complexity index is 396. The molecule has 1 amide bonds. The van der Waals surface area contributed by atoms with Crippen molar-refractivity contribution in [1.29, 1.82) is 0 Å². The summed E-state index contributed by atoms with van der Waals surface area (Å²) in [6.45, 7) is 4.50. The van der Waals surface area contributed by atoms with Crippen molar-refractivity contribution in [2.24, 2.45) is 5.92 Å². The lowest BCUT2D eigenvalue weighted by molar-refractivity contribution is -0.123. The van der Waals surface area contributed by atoms with Crippen molar-refractivity contribution in [1.82, 2.24) is 5.32 Å². The molecule has 0 saturated heterocycles. The maximum Gasteiger partial charge on any atom is 0.257 e.